The number of ether oxygens (including phenoxy) is 1. The Bertz CT molecular complexity index is 1080. The highest BCUT2D eigenvalue weighted by Gasteiger charge is 2.27. The number of hydrogen-bond donors (Lipinski definition) is 1. The third-order valence-corrected chi connectivity index (χ3v) is 6.27. The van der Waals surface area contributed by atoms with Crippen molar-refractivity contribution in [3.8, 4) is 5.69 Å². The van der Waals surface area contributed by atoms with Crippen LogP contribution in [0.5, 0.6) is 0 Å². The van der Waals surface area contributed by atoms with E-state index in [4.69, 9.17) is 17.0 Å². The molecule has 1 aromatic carbocycles. The van der Waals surface area contributed by atoms with E-state index in [1.165, 1.54) is 0 Å². The Morgan fingerprint density at radius 2 is 2.12 bits per heavy atom. The molecule has 0 unspecified atom stereocenters. The Morgan fingerprint density at radius 1 is 1.36 bits per heavy atom. The van der Waals surface area contributed by atoms with Gasteiger partial charge in [-0.1, -0.05) is 32.0 Å². The van der Waals surface area contributed by atoms with Crippen LogP contribution in [0.25, 0.3) is 15.9 Å². The van der Waals surface area contributed by atoms with Gasteiger partial charge in [-0.05, 0) is 42.3 Å². The second kappa shape index (κ2) is 6.20. The van der Waals surface area contributed by atoms with Crippen molar-refractivity contribution in [1.82, 2.24) is 9.55 Å². The summed E-state index contributed by atoms with van der Waals surface area (Å²) in [7, 11) is 0. The van der Waals surface area contributed by atoms with Crippen molar-refractivity contribution in [3.63, 3.8) is 0 Å². The van der Waals surface area contributed by atoms with Crippen LogP contribution in [0.1, 0.15) is 29.9 Å². The number of thiophene rings is 1. The topological polar surface area (TPSA) is 47.0 Å². The molecular formula is C19H20N2O2S2. The molecule has 25 heavy (non-hydrogen) atoms. The van der Waals surface area contributed by atoms with Gasteiger partial charge in [0.15, 0.2) is 4.77 Å². The summed E-state index contributed by atoms with van der Waals surface area (Å²) in [5, 5.41) is 0.769. The quantitative estimate of drug-likeness (QED) is 0.673. The van der Waals surface area contributed by atoms with Crippen LogP contribution in [0, 0.1) is 17.6 Å². The van der Waals surface area contributed by atoms with Crippen molar-refractivity contribution >= 4 is 33.8 Å². The summed E-state index contributed by atoms with van der Waals surface area (Å²) in [4.78, 5) is 18.6. The summed E-state index contributed by atoms with van der Waals surface area (Å²) < 4.78 is 8.02. The molecule has 3 heterocycles. The van der Waals surface area contributed by atoms with Gasteiger partial charge >= 0.3 is 0 Å². The Hall–Kier alpha value is -1.76. The predicted molar refractivity (Wildman–Crippen MR) is 104 cm³/mol. The van der Waals surface area contributed by atoms with Gasteiger partial charge in [0.05, 0.1) is 23.8 Å². The van der Waals surface area contributed by atoms with Crippen LogP contribution in [0.4, 0.5) is 0 Å². The van der Waals surface area contributed by atoms with Gasteiger partial charge in [-0.3, -0.25) is 9.36 Å². The molecule has 0 fully saturated rings. The van der Waals surface area contributed by atoms with Crippen LogP contribution in [-0.4, -0.2) is 15.7 Å². The van der Waals surface area contributed by atoms with Gasteiger partial charge in [0.1, 0.15) is 4.83 Å². The van der Waals surface area contributed by atoms with Crippen LogP contribution >= 0.6 is 23.6 Å². The maximum absolute atomic E-state index is 13.4. The molecule has 130 valence electrons. The number of nitrogens with one attached hydrogen (secondary N) is 1. The Morgan fingerprint density at radius 3 is 2.84 bits per heavy atom. The van der Waals surface area contributed by atoms with Crippen molar-refractivity contribution < 1.29 is 4.74 Å². The fourth-order valence-electron chi connectivity index (χ4n) is 3.42. The van der Waals surface area contributed by atoms with E-state index in [9.17, 15) is 4.79 Å². The smallest absolute Gasteiger partial charge is 0.267 e. The van der Waals surface area contributed by atoms with Crippen LogP contribution in [0.2, 0.25) is 0 Å². The van der Waals surface area contributed by atoms with Crippen LogP contribution < -0.4 is 5.56 Å². The zero-order valence-corrected chi connectivity index (χ0v) is 16.1. The minimum absolute atomic E-state index is 0.0324. The van der Waals surface area contributed by atoms with Gasteiger partial charge in [-0.2, -0.15) is 0 Å². The number of fused-ring (bicyclic) bond motifs is 3. The van der Waals surface area contributed by atoms with E-state index in [0.29, 0.717) is 17.3 Å². The Balaban J connectivity index is 2.00. The zero-order chi connectivity index (χ0) is 17.7. The number of H-pyrrole nitrogens is 1. The monoisotopic (exact) mass is 372 g/mol. The number of aromatic nitrogens is 2. The molecule has 0 spiro atoms. The molecule has 0 saturated heterocycles. The van der Waals surface area contributed by atoms with Crippen LogP contribution in [0.3, 0.4) is 0 Å². The highest BCUT2D eigenvalue weighted by Crippen LogP contribution is 2.35. The molecule has 0 aliphatic carbocycles. The summed E-state index contributed by atoms with van der Waals surface area (Å²) in [6.07, 6.45) is 0.931. The van der Waals surface area contributed by atoms with Crippen molar-refractivity contribution in [2.75, 3.05) is 0 Å². The molecule has 6 heteroatoms. The SMILES string of the molecule is Cc1ccccc1-n1c(=S)[nH]c2sc3c(c2c1=O)C[C@H](C(C)C)OC3. The average molecular weight is 373 g/mol. The first-order valence-electron chi connectivity index (χ1n) is 8.44. The van der Waals surface area contributed by atoms with E-state index in [0.717, 1.165) is 38.3 Å². The lowest BCUT2D eigenvalue weighted by Gasteiger charge is -2.26. The molecule has 0 bridgehead atoms. The molecule has 4 nitrogen and oxygen atoms in total. The third-order valence-electron chi connectivity index (χ3n) is 4.86. The summed E-state index contributed by atoms with van der Waals surface area (Å²) in [5.41, 5.74) is 2.96. The molecule has 0 saturated carbocycles. The highest BCUT2D eigenvalue weighted by molar-refractivity contribution is 7.71. The lowest BCUT2D eigenvalue weighted by atomic mass is 9.96. The number of aryl methyl sites for hydroxylation is 1. The molecule has 0 radical (unpaired) electrons. The first-order valence-corrected chi connectivity index (χ1v) is 9.67. The van der Waals surface area contributed by atoms with E-state index in [2.05, 4.69) is 18.8 Å². The number of hydrogen-bond acceptors (Lipinski definition) is 4. The van der Waals surface area contributed by atoms with E-state index >= 15 is 0 Å². The standard InChI is InChI=1S/C19H20N2O2S2/c1-10(2)14-8-12-15(9-23-14)25-17-16(12)18(22)21(19(24)20-17)13-7-5-4-6-11(13)3/h4-7,10,14H,8-9H2,1-3H3,(H,20,24)/t14-/m1/s1. The molecule has 3 aromatic rings. The number of benzene rings is 1. The lowest BCUT2D eigenvalue weighted by molar-refractivity contribution is 0.00200. The summed E-state index contributed by atoms with van der Waals surface area (Å²) in [6.45, 7) is 6.88. The molecule has 1 aliphatic rings. The van der Waals surface area contributed by atoms with E-state index < -0.39 is 0 Å². The minimum atomic E-state index is -0.0324. The summed E-state index contributed by atoms with van der Waals surface area (Å²) >= 11 is 7.09. The molecule has 1 aliphatic heterocycles. The average Bonchev–Trinajstić information content (AvgIpc) is 2.93. The first-order chi connectivity index (χ1) is 12.0. The number of aromatic amines is 1. The second-order valence-corrected chi connectivity index (χ2v) is 8.35. The van der Waals surface area contributed by atoms with Gasteiger partial charge in [0, 0.05) is 11.3 Å². The largest absolute Gasteiger partial charge is 0.372 e. The molecule has 0 amide bonds. The maximum Gasteiger partial charge on any atom is 0.267 e. The molecular weight excluding hydrogens is 352 g/mol. The second-order valence-electron chi connectivity index (χ2n) is 6.86. The van der Waals surface area contributed by atoms with E-state index in [-0.39, 0.29) is 11.7 Å². The minimum Gasteiger partial charge on any atom is -0.372 e. The van der Waals surface area contributed by atoms with Gasteiger partial charge in [0.25, 0.3) is 5.56 Å². The van der Waals surface area contributed by atoms with Crippen LogP contribution in [-0.2, 0) is 17.8 Å². The maximum atomic E-state index is 13.4. The third kappa shape index (κ3) is 2.69. The molecule has 2 aromatic heterocycles. The van der Waals surface area contributed by atoms with Crippen molar-refractivity contribution in [2.45, 2.75) is 39.9 Å². The first kappa shape index (κ1) is 16.7. The predicted octanol–water partition coefficient (Wildman–Crippen LogP) is 4.52. The van der Waals surface area contributed by atoms with Crippen molar-refractivity contribution in [2.24, 2.45) is 5.92 Å². The van der Waals surface area contributed by atoms with Gasteiger partial charge < -0.3 is 9.72 Å². The molecule has 4 rings (SSSR count). The number of rotatable bonds is 2. The lowest BCUT2D eigenvalue weighted by Crippen LogP contribution is -2.28. The number of para-hydroxylation sites is 1. The van der Waals surface area contributed by atoms with Gasteiger partial charge in [-0.25, -0.2) is 0 Å². The summed E-state index contributed by atoms with van der Waals surface area (Å²) in [5.74, 6) is 0.420. The molecule has 1 atom stereocenters. The summed E-state index contributed by atoms with van der Waals surface area (Å²) in [6, 6.07) is 7.82. The molecule has 1 N–H and O–H groups in total. The Labute approximate surface area is 155 Å². The zero-order valence-electron chi connectivity index (χ0n) is 14.5. The number of nitrogens with zero attached hydrogens (tertiary/aromatic N) is 1. The van der Waals surface area contributed by atoms with Gasteiger partial charge in [-0.15, -0.1) is 11.3 Å². The normalized spacial score (nSPS) is 17.2. The fourth-order valence-corrected chi connectivity index (χ4v) is 4.91. The highest BCUT2D eigenvalue weighted by atomic mass is 32.1. The van der Waals surface area contributed by atoms with Crippen molar-refractivity contribution in [3.05, 3.63) is 55.4 Å². The Kier molecular flexibility index (Phi) is 4.14. The van der Waals surface area contributed by atoms with Gasteiger partial charge in [0.2, 0.25) is 0 Å². The van der Waals surface area contributed by atoms with E-state index in [1.807, 2.05) is 31.2 Å². The van der Waals surface area contributed by atoms with Crippen LogP contribution in [0.15, 0.2) is 29.1 Å². The van der Waals surface area contributed by atoms with Crippen molar-refractivity contribution in [1.29, 1.82) is 0 Å². The van der Waals surface area contributed by atoms with E-state index in [1.54, 1.807) is 15.9 Å². The fraction of sp³-hybridized carbons (Fsp3) is 0.368.